The molecule has 142 valence electrons. The highest BCUT2D eigenvalue weighted by Gasteiger charge is 2.33. The van der Waals surface area contributed by atoms with Crippen molar-refractivity contribution >= 4 is 11.6 Å². The van der Waals surface area contributed by atoms with Gasteiger partial charge < -0.3 is 19.5 Å². The van der Waals surface area contributed by atoms with Gasteiger partial charge in [-0.1, -0.05) is 20.3 Å². The Kier molecular flexibility index (Phi) is 9.45. The molecule has 0 unspecified atom stereocenters. The van der Waals surface area contributed by atoms with Gasteiger partial charge in [0.1, 0.15) is 12.2 Å². The van der Waals surface area contributed by atoms with E-state index in [1.807, 2.05) is 40.7 Å². The molecule has 1 rings (SSSR count). The summed E-state index contributed by atoms with van der Waals surface area (Å²) in [5.74, 6) is 0.381. The Balaban J connectivity index is 2.72. The Morgan fingerprint density at radius 3 is 2.52 bits per heavy atom. The fraction of sp³-hybridized carbons (Fsp3) is 0.684. The molecule has 1 N–H and O–H groups in total. The van der Waals surface area contributed by atoms with E-state index in [0.717, 1.165) is 12.8 Å². The molecule has 1 aromatic heterocycles. The Hall–Kier alpha value is -1.66. The minimum atomic E-state index is -0.830. The molecule has 0 aliphatic heterocycles. The zero-order valence-corrected chi connectivity index (χ0v) is 16.2. The van der Waals surface area contributed by atoms with Gasteiger partial charge in [0.05, 0.1) is 18.0 Å². The van der Waals surface area contributed by atoms with E-state index >= 15 is 0 Å². The van der Waals surface area contributed by atoms with Gasteiger partial charge in [-0.3, -0.25) is 4.79 Å². The molecular formula is C19H32N2O4. The maximum Gasteiger partial charge on any atom is 0.256 e. The predicted molar refractivity (Wildman–Crippen MR) is 99.1 cm³/mol. The van der Waals surface area contributed by atoms with Gasteiger partial charge in [-0.2, -0.15) is 0 Å². The summed E-state index contributed by atoms with van der Waals surface area (Å²) in [6.45, 7) is 11.9. The van der Waals surface area contributed by atoms with Crippen molar-refractivity contribution in [2.75, 3.05) is 31.7 Å². The standard InChI is InChI=1S/C19H32N2O4/c1-6-11-19(5,25-12-7-2)18(22)21-16-9-10-17(20-15(16)4)24-14-13-23-8-3/h9-10H,6-8,11-14H2,1-5H3,(H,21,22)/t19-/m0/s1. The van der Waals surface area contributed by atoms with E-state index in [2.05, 4.69) is 10.3 Å². The highest BCUT2D eigenvalue weighted by molar-refractivity contribution is 5.97. The van der Waals surface area contributed by atoms with Crippen LogP contribution < -0.4 is 10.1 Å². The maximum atomic E-state index is 12.7. The highest BCUT2D eigenvalue weighted by atomic mass is 16.5. The number of pyridine rings is 1. The molecule has 1 atom stereocenters. The number of amides is 1. The number of anilines is 1. The van der Waals surface area contributed by atoms with Gasteiger partial charge in [0.15, 0.2) is 0 Å². The van der Waals surface area contributed by atoms with E-state index in [1.54, 1.807) is 6.07 Å². The van der Waals surface area contributed by atoms with Crippen molar-refractivity contribution < 1.29 is 19.0 Å². The molecule has 6 heteroatoms. The first-order valence-electron chi connectivity index (χ1n) is 9.10. The van der Waals surface area contributed by atoms with Gasteiger partial charge >= 0.3 is 0 Å². The summed E-state index contributed by atoms with van der Waals surface area (Å²) in [4.78, 5) is 17.1. The van der Waals surface area contributed by atoms with Crippen LogP contribution in [0.4, 0.5) is 5.69 Å². The first-order valence-corrected chi connectivity index (χ1v) is 9.10. The van der Waals surface area contributed by atoms with Crippen molar-refractivity contribution in [2.24, 2.45) is 0 Å². The SMILES string of the molecule is CCCO[C@@](C)(CCC)C(=O)Nc1ccc(OCCOCC)nc1C. The summed E-state index contributed by atoms with van der Waals surface area (Å²) >= 11 is 0. The third-order valence-corrected chi connectivity index (χ3v) is 3.82. The highest BCUT2D eigenvalue weighted by Crippen LogP contribution is 2.23. The molecule has 0 fully saturated rings. The van der Waals surface area contributed by atoms with Crippen LogP contribution in [-0.4, -0.2) is 42.9 Å². The normalized spacial score (nSPS) is 13.3. The summed E-state index contributed by atoms with van der Waals surface area (Å²) < 4.78 is 16.6. The topological polar surface area (TPSA) is 69.7 Å². The second kappa shape index (κ2) is 11.1. The third kappa shape index (κ3) is 7.00. The van der Waals surface area contributed by atoms with Crippen molar-refractivity contribution in [3.05, 3.63) is 17.8 Å². The van der Waals surface area contributed by atoms with Gasteiger partial charge in [0.2, 0.25) is 5.88 Å². The summed E-state index contributed by atoms with van der Waals surface area (Å²) in [6, 6.07) is 3.56. The molecule has 0 spiro atoms. The molecule has 1 heterocycles. The number of nitrogens with zero attached hydrogens (tertiary/aromatic N) is 1. The number of rotatable bonds is 12. The number of carbonyl (C=O) groups is 1. The molecule has 0 bridgehead atoms. The molecule has 0 aliphatic carbocycles. The van der Waals surface area contributed by atoms with Gasteiger partial charge in [0.25, 0.3) is 5.91 Å². The predicted octanol–water partition coefficient (Wildman–Crippen LogP) is 3.73. The zero-order valence-electron chi connectivity index (χ0n) is 16.2. The first-order chi connectivity index (χ1) is 12.0. The smallest absolute Gasteiger partial charge is 0.256 e. The van der Waals surface area contributed by atoms with Crippen LogP contribution in [0.25, 0.3) is 0 Å². The van der Waals surface area contributed by atoms with E-state index in [0.29, 0.717) is 50.1 Å². The lowest BCUT2D eigenvalue weighted by Crippen LogP contribution is -2.43. The lowest BCUT2D eigenvalue weighted by Gasteiger charge is -2.28. The maximum absolute atomic E-state index is 12.7. The Morgan fingerprint density at radius 1 is 1.16 bits per heavy atom. The van der Waals surface area contributed by atoms with Crippen LogP contribution in [0, 0.1) is 6.92 Å². The zero-order chi connectivity index (χ0) is 18.7. The number of aryl methyl sites for hydroxylation is 1. The van der Waals surface area contributed by atoms with Crippen molar-refractivity contribution in [2.45, 2.75) is 59.5 Å². The van der Waals surface area contributed by atoms with E-state index in [4.69, 9.17) is 14.2 Å². The first kappa shape index (κ1) is 21.4. The molecule has 0 aliphatic rings. The van der Waals surface area contributed by atoms with Crippen LogP contribution in [0.5, 0.6) is 5.88 Å². The fourth-order valence-electron chi connectivity index (χ4n) is 2.41. The fourth-order valence-corrected chi connectivity index (χ4v) is 2.41. The quantitative estimate of drug-likeness (QED) is 0.581. The number of hydrogen-bond donors (Lipinski definition) is 1. The molecule has 1 amide bonds. The number of nitrogens with one attached hydrogen (secondary N) is 1. The van der Waals surface area contributed by atoms with Gasteiger partial charge in [-0.05, 0) is 39.7 Å². The average molecular weight is 352 g/mol. The van der Waals surface area contributed by atoms with Crippen molar-refractivity contribution in [1.82, 2.24) is 4.98 Å². The lowest BCUT2D eigenvalue weighted by molar-refractivity contribution is -0.140. The van der Waals surface area contributed by atoms with Crippen LogP contribution in [-0.2, 0) is 14.3 Å². The molecular weight excluding hydrogens is 320 g/mol. The summed E-state index contributed by atoms with van der Waals surface area (Å²) in [5, 5.41) is 2.94. The second-order valence-electron chi connectivity index (χ2n) is 6.11. The molecule has 6 nitrogen and oxygen atoms in total. The van der Waals surface area contributed by atoms with Crippen molar-refractivity contribution in [3.63, 3.8) is 0 Å². The van der Waals surface area contributed by atoms with Gasteiger partial charge in [-0.15, -0.1) is 0 Å². The van der Waals surface area contributed by atoms with E-state index in [1.165, 1.54) is 0 Å². The van der Waals surface area contributed by atoms with Crippen molar-refractivity contribution in [3.8, 4) is 5.88 Å². The molecule has 0 saturated heterocycles. The van der Waals surface area contributed by atoms with Crippen LogP contribution in [0.1, 0.15) is 52.7 Å². The minimum Gasteiger partial charge on any atom is -0.475 e. The molecule has 0 saturated carbocycles. The van der Waals surface area contributed by atoms with Crippen molar-refractivity contribution in [1.29, 1.82) is 0 Å². The Bertz CT molecular complexity index is 536. The van der Waals surface area contributed by atoms with E-state index in [9.17, 15) is 4.79 Å². The summed E-state index contributed by atoms with van der Waals surface area (Å²) in [7, 11) is 0. The monoisotopic (exact) mass is 352 g/mol. The van der Waals surface area contributed by atoms with Crippen LogP contribution in [0.2, 0.25) is 0 Å². The Labute approximate surface area is 151 Å². The molecule has 0 aromatic carbocycles. The molecule has 25 heavy (non-hydrogen) atoms. The summed E-state index contributed by atoms with van der Waals surface area (Å²) in [6.07, 6.45) is 2.42. The largest absolute Gasteiger partial charge is 0.475 e. The van der Waals surface area contributed by atoms with Gasteiger partial charge in [-0.25, -0.2) is 4.98 Å². The average Bonchev–Trinajstić information content (AvgIpc) is 2.59. The van der Waals surface area contributed by atoms with Crippen LogP contribution in [0.3, 0.4) is 0 Å². The summed E-state index contributed by atoms with van der Waals surface area (Å²) in [5.41, 5.74) is 0.547. The van der Waals surface area contributed by atoms with Crippen LogP contribution >= 0.6 is 0 Å². The second-order valence-corrected chi connectivity index (χ2v) is 6.11. The third-order valence-electron chi connectivity index (χ3n) is 3.82. The molecule has 1 aromatic rings. The number of ether oxygens (including phenoxy) is 3. The van der Waals surface area contributed by atoms with E-state index in [-0.39, 0.29) is 5.91 Å². The van der Waals surface area contributed by atoms with Gasteiger partial charge in [0, 0.05) is 19.3 Å². The number of hydrogen-bond acceptors (Lipinski definition) is 5. The lowest BCUT2D eigenvalue weighted by atomic mass is 9.99. The van der Waals surface area contributed by atoms with Crippen LogP contribution in [0.15, 0.2) is 12.1 Å². The molecule has 0 radical (unpaired) electrons. The minimum absolute atomic E-state index is 0.141. The number of carbonyl (C=O) groups excluding carboxylic acids is 1. The Morgan fingerprint density at radius 2 is 1.92 bits per heavy atom. The number of aromatic nitrogens is 1. The van der Waals surface area contributed by atoms with E-state index < -0.39 is 5.60 Å².